The molecule has 1 aromatic carbocycles. The molecular formula is C18H16F6N4O3. The third-order valence-corrected chi connectivity index (χ3v) is 4.61. The number of carbonyl (C=O) groups excluding carboxylic acids is 1. The summed E-state index contributed by atoms with van der Waals surface area (Å²) in [6.07, 6.45) is -9.53. The van der Waals surface area contributed by atoms with Crippen molar-refractivity contribution in [1.82, 2.24) is 20.0 Å². The summed E-state index contributed by atoms with van der Waals surface area (Å²) in [5.41, 5.74) is -3.04. The molecule has 2 N–H and O–H groups in total. The molecule has 0 bridgehead atoms. The van der Waals surface area contributed by atoms with Gasteiger partial charge in [-0.05, 0) is 36.2 Å². The van der Waals surface area contributed by atoms with Gasteiger partial charge < -0.3 is 15.3 Å². The highest BCUT2D eigenvalue weighted by Crippen LogP contribution is 2.36. The first-order chi connectivity index (χ1) is 14.3. The molecule has 1 aromatic heterocycles. The maximum atomic E-state index is 13.0. The lowest BCUT2D eigenvalue weighted by Gasteiger charge is -2.21. The van der Waals surface area contributed by atoms with Crippen LogP contribution in [-0.4, -0.2) is 38.3 Å². The highest BCUT2D eigenvalue weighted by molar-refractivity contribution is 5.85. The Morgan fingerprint density at radius 2 is 1.61 bits per heavy atom. The second kappa shape index (κ2) is 8.12. The quantitative estimate of drug-likeness (QED) is 0.698. The summed E-state index contributed by atoms with van der Waals surface area (Å²) in [6.45, 7) is 0.0351. The SMILES string of the molecule is O=C(O)c1cc2n(n1)CCCN(C(=O)NCc1cc(C(F)(F)F)cc(C(F)(F)F)c1)C2. The molecule has 1 aliphatic rings. The zero-order chi connectivity index (χ0) is 23.0. The largest absolute Gasteiger partial charge is 0.476 e. The van der Waals surface area contributed by atoms with Crippen LogP contribution in [-0.2, 0) is 32.0 Å². The summed E-state index contributed by atoms with van der Waals surface area (Å²) in [6, 6.07) is 1.70. The second-order valence-electron chi connectivity index (χ2n) is 6.90. The fourth-order valence-electron chi connectivity index (χ4n) is 3.15. The lowest BCUT2D eigenvalue weighted by molar-refractivity contribution is -0.143. The number of aryl methyl sites for hydroxylation is 1. The number of carbonyl (C=O) groups is 2. The monoisotopic (exact) mass is 450 g/mol. The molecule has 0 saturated heterocycles. The molecule has 3 rings (SSSR count). The summed E-state index contributed by atoms with van der Waals surface area (Å²) in [4.78, 5) is 24.8. The van der Waals surface area contributed by atoms with Crippen LogP contribution in [0.25, 0.3) is 0 Å². The number of fused-ring (bicyclic) bond motifs is 1. The van der Waals surface area contributed by atoms with Crippen molar-refractivity contribution >= 4 is 12.0 Å². The number of alkyl halides is 6. The molecular weight excluding hydrogens is 434 g/mol. The number of rotatable bonds is 3. The summed E-state index contributed by atoms with van der Waals surface area (Å²) < 4.78 is 79.2. The molecule has 31 heavy (non-hydrogen) atoms. The van der Waals surface area contributed by atoms with Crippen molar-refractivity contribution in [2.45, 2.75) is 38.4 Å². The van der Waals surface area contributed by atoms with Gasteiger partial charge in [-0.15, -0.1) is 0 Å². The molecule has 1 aliphatic heterocycles. The Labute approximate surface area is 171 Å². The van der Waals surface area contributed by atoms with Crippen molar-refractivity contribution in [2.24, 2.45) is 0 Å². The third-order valence-electron chi connectivity index (χ3n) is 4.61. The third kappa shape index (κ3) is 5.27. The van der Waals surface area contributed by atoms with Gasteiger partial charge in [0.1, 0.15) is 0 Å². The number of hydrogen-bond donors (Lipinski definition) is 2. The summed E-state index contributed by atoms with van der Waals surface area (Å²) in [7, 11) is 0. The van der Waals surface area contributed by atoms with Crippen molar-refractivity contribution in [3.63, 3.8) is 0 Å². The molecule has 13 heteroatoms. The number of amides is 2. The summed E-state index contributed by atoms with van der Waals surface area (Å²) in [5, 5.41) is 15.2. The molecule has 0 atom stereocenters. The number of benzene rings is 1. The Morgan fingerprint density at radius 1 is 1.00 bits per heavy atom. The predicted octanol–water partition coefficient (Wildman–Crippen LogP) is 3.73. The van der Waals surface area contributed by atoms with Gasteiger partial charge in [-0.1, -0.05) is 0 Å². The summed E-state index contributed by atoms with van der Waals surface area (Å²) >= 11 is 0. The fraction of sp³-hybridized carbons (Fsp3) is 0.389. The fourth-order valence-corrected chi connectivity index (χ4v) is 3.15. The van der Waals surface area contributed by atoms with Crippen molar-refractivity contribution in [3.05, 3.63) is 52.3 Å². The molecule has 0 saturated carbocycles. The van der Waals surface area contributed by atoms with E-state index in [9.17, 15) is 35.9 Å². The van der Waals surface area contributed by atoms with E-state index in [1.54, 1.807) is 0 Å². The predicted molar refractivity (Wildman–Crippen MR) is 92.9 cm³/mol. The van der Waals surface area contributed by atoms with Crippen LogP contribution < -0.4 is 5.32 Å². The zero-order valence-corrected chi connectivity index (χ0v) is 15.7. The van der Waals surface area contributed by atoms with Gasteiger partial charge in [0.25, 0.3) is 0 Å². The first-order valence-electron chi connectivity index (χ1n) is 8.96. The topological polar surface area (TPSA) is 87.5 Å². The minimum absolute atomic E-state index is 0.0114. The number of carboxylic acid groups (broad SMARTS) is 1. The van der Waals surface area contributed by atoms with Crippen molar-refractivity contribution < 1.29 is 41.0 Å². The van der Waals surface area contributed by atoms with Crippen LogP contribution in [0.15, 0.2) is 24.3 Å². The van der Waals surface area contributed by atoms with Gasteiger partial charge in [-0.3, -0.25) is 4.68 Å². The molecule has 2 aromatic rings. The molecule has 0 spiro atoms. The average Bonchev–Trinajstić information content (AvgIpc) is 2.96. The molecule has 0 unspecified atom stereocenters. The molecule has 0 fully saturated rings. The maximum absolute atomic E-state index is 13.0. The van der Waals surface area contributed by atoms with Crippen LogP contribution in [0.4, 0.5) is 31.1 Å². The van der Waals surface area contributed by atoms with Crippen LogP contribution in [0, 0.1) is 0 Å². The molecule has 168 valence electrons. The standard InChI is InChI=1S/C18H16F6N4O3/c19-17(20,21)11-4-10(5-12(6-11)18(22,23)24)8-25-16(31)27-2-1-3-28-13(9-27)7-14(26-28)15(29)30/h4-7H,1-3,8-9H2,(H,25,31)(H,29,30). The lowest BCUT2D eigenvalue weighted by Crippen LogP contribution is -2.39. The lowest BCUT2D eigenvalue weighted by atomic mass is 10.0. The van der Waals surface area contributed by atoms with Crippen LogP contribution in [0.3, 0.4) is 0 Å². The van der Waals surface area contributed by atoms with Gasteiger partial charge in [0.2, 0.25) is 0 Å². The number of halogens is 6. The number of aromatic carboxylic acids is 1. The molecule has 2 amide bonds. The van der Waals surface area contributed by atoms with Gasteiger partial charge in [-0.25, -0.2) is 9.59 Å². The van der Waals surface area contributed by atoms with Crippen LogP contribution in [0.1, 0.15) is 39.3 Å². The first kappa shape index (κ1) is 22.4. The normalized spacial score (nSPS) is 14.7. The minimum Gasteiger partial charge on any atom is -0.476 e. The Bertz CT molecular complexity index is 967. The maximum Gasteiger partial charge on any atom is 0.416 e. The van der Waals surface area contributed by atoms with Gasteiger partial charge in [-0.2, -0.15) is 31.4 Å². The number of carboxylic acids is 1. The Kier molecular flexibility index (Phi) is 5.87. The van der Waals surface area contributed by atoms with Gasteiger partial charge in [0, 0.05) is 19.6 Å². The van der Waals surface area contributed by atoms with Crippen LogP contribution >= 0.6 is 0 Å². The van der Waals surface area contributed by atoms with E-state index in [0.29, 0.717) is 30.8 Å². The minimum atomic E-state index is -4.98. The zero-order valence-electron chi connectivity index (χ0n) is 15.7. The number of aromatic nitrogens is 2. The smallest absolute Gasteiger partial charge is 0.416 e. The number of nitrogens with one attached hydrogen (secondary N) is 1. The van der Waals surface area contributed by atoms with E-state index >= 15 is 0 Å². The highest BCUT2D eigenvalue weighted by Gasteiger charge is 2.37. The van der Waals surface area contributed by atoms with Gasteiger partial charge in [0.05, 0.1) is 23.4 Å². The summed E-state index contributed by atoms with van der Waals surface area (Å²) in [5.74, 6) is -1.23. The van der Waals surface area contributed by atoms with E-state index in [-0.39, 0.29) is 30.4 Å². The first-order valence-corrected chi connectivity index (χ1v) is 8.96. The van der Waals surface area contributed by atoms with E-state index in [2.05, 4.69) is 10.4 Å². The van der Waals surface area contributed by atoms with Gasteiger partial charge >= 0.3 is 24.4 Å². The Balaban J connectivity index is 1.74. The van der Waals surface area contributed by atoms with Crippen LogP contribution in [0.5, 0.6) is 0 Å². The van der Waals surface area contributed by atoms with Crippen molar-refractivity contribution in [3.8, 4) is 0 Å². The molecule has 0 radical (unpaired) electrons. The number of nitrogens with zero attached hydrogens (tertiary/aromatic N) is 3. The van der Waals surface area contributed by atoms with E-state index in [4.69, 9.17) is 5.11 Å². The van der Waals surface area contributed by atoms with E-state index < -0.39 is 42.0 Å². The molecule has 2 heterocycles. The highest BCUT2D eigenvalue weighted by atomic mass is 19.4. The van der Waals surface area contributed by atoms with Gasteiger partial charge in [0.15, 0.2) is 5.69 Å². The van der Waals surface area contributed by atoms with E-state index in [0.717, 1.165) is 0 Å². The van der Waals surface area contributed by atoms with Crippen molar-refractivity contribution in [1.29, 1.82) is 0 Å². The second-order valence-corrected chi connectivity index (χ2v) is 6.90. The number of urea groups is 1. The van der Waals surface area contributed by atoms with Crippen LogP contribution in [0.2, 0.25) is 0 Å². The van der Waals surface area contributed by atoms with Crippen molar-refractivity contribution in [2.75, 3.05) is 6.54 Å². The molecule has 0 aliphatic carbocycles. The average molecular weight is 450 g/mol. The van der Waals surface area contributed by atoms with E-state index in [1.807, 2.05) is 0 Å². The Morgan fingerprint density at radius 3 is 2.16 bits per heavy atom. The Hall–Kier alpha value is -3.25. The number of hydrogen-bond acceptors (Lipinski definition) is 3. The van der Waals surface area contributed by atoms with E-state index in [1.165, 1.54) is 15.6 Å². The molecule has 7 nitrogen and oxygen atoms in total.